The number of aromatic nitrogens is 2. The molecule has 1 heterocycles. The van der Waals surface area contributed by atoms with E-state index in [1.807, 2.05) is 18.2 Å². The number of thioether (sulfide) groups is 1. The number of carbonyl (C=O) groups is 2. The van der Waals surface area contributed by atoms with Crippen LogP contribution in [0, 0.1) is 0 Å². The van der Waals surface area contributed by atoms with Gasteiger partial charge < -0.3 is 11.1 Å². The Hall–Kier alpha value is -2.28. The maximum absolute atomic E-state index is 12.2. The molecule has 0 bridgehead atoms. The maximum atomic E-state index is 12.2. The lowest BCUT2D eigenvalue weighted by atomic mass is 10.2. The van der Waals surface area contributed by atoms with Crippen molar-refractivity contribution in [3.05, 3.63) is 42.7 Å². The van der Waals surface area contributed by atoms with Crippen LogP contribution >= 0.6 is 11.8 Å². The van der Waals surface area contributed by atoms with Gasteiger partial charge in [-0.3, -0.25) is 14.3 Å². The van der Waals surface area contributed by atoms with Gasteiger partial charge in [0.25, 0.3) is 0 Å². The number of para-hydroxylation sites is 1. The van der Waals surface area contributed by atoms with Crippen LogP contribution in [0.15, 0.2) is 47.6 Å². The second-order valence-electron chi connectivity index (χ2n) is 4.40. The highest BCUT2D eigenvalue weighted by Crippen LogP contribution is 2.27. The molecule has 1 atom stereocenters. The molecule has 0 fully saturated rings. The molecule has 7 heteroatoms. The Morgan fingerprint density at radius 1 is 1.38 bits per heavy atom. The Kier molecular flexibility index (Phi) is 4.99. The molecule has 21 heavy (non-hydrogen) atoms. The van der Waals surface area contributed by atoms with Crippen LogP contribution in [0.3, 0.4) is 0 Å². The minimum atomic E-state index is -0.422. The van der Waals surface area contributed by atoms with Gasteiger partial charge in [0.15, 0.2) is 0 Å². The molecule has 2 aromatic rings. The Morgan fingerprint density at radius 2 is 2.14 bits per heavy atom. The number of anilines is 1. The summed E-state index contributed by atoms with van der Waals surface area (Å²) in [7, 11) is 0. The summed E-state index contributed by atoms with van der Waals surface area (Å²) < 4.78 is 1.58. The van der Waals surface area contributed by atoms with Crippen molar-refractivity contribution in [1.29, 1.82) is 0 Å². The second kappa shape index (κ2) is 6.94. The standard InChI is InChI=1S/C14H16N4O2S/c1-10(18-8-4-7-16-18)14(20)17-11-5-2-3-6-12(11)21-9-13(15)19/h2-8,10H,9H2,1H3,(H2,15,19)(H,17,20). The highest BCUT2D eigenvalue weighted by molar-refractivity contribution is 8.00. The number of nitrogens with one attached hydrogen (secondary N) is 1. The van der Waals surface area contributed by atoms with Gasteiger partial charge in [0.05, 0.1) is 11.4 Å². The van der Waals surface area contributed by atoms with Crippen LogP contribution in [0.25, 0.3) is 0 Å². The van der Waals surface area contributed by atoms with E-state index >= 15 is 0 Å². The minimum Gasteiger partial charge on any atom is -0.369 e. The summed E-state index contributed by atoms with van der Waals surface area (Å²) in [5.41, 5.74) is 5.81. The van der Waals surface area contributed by atoms with Gasteiger partial charge in [-0.05, 0) is 25.1 Å². The molecule has 2 rings (SSSR count). The number of hydrogen-bond donors (Lipinski definition) is 2. The van der Waals surface area contributed by atoms with Gasteiger partial charge in [0, 0.05) is 17.3 Å². The predicted octanol–water partition coefficient (Wildman–Crippen LogP) is 1.66. The SMILES string of the molecule is CC(C(=O)Nc1ccccc1SCC(N)=O)n1cccn1. The van der Waals surface area contributed by atoms with Crippen LogP contribution in [0.1, 0.15) is 13.0 Å². The van der Waals surface area contributed by atoms with Crippen molar-refractivity contribution in [2.75, 3.05) is 11.1 Å². The molecule has 0 saturated carbocycles. The van der Waals surface area contributed by atoms with Gasteiger partial charge in [-0.25, -0.2) is 0 Å². The summed E-state index contributed by atoms with van der Waals surface area (Å²) in [6.45, 7) is 1.77. The topological polar surface area (TPSA) is 90.0 Å². The van der Waals surface area contributed by atoms with Crippen LogP contribution in [0.4, 0.5) is 5.69 Å². The average Bonchev–Trinajstić information content (AvgIpc) is 2.99. The smallest absolute Gasteiger partial charge is 0.248 e. The number of hydrogen-bond acceptors (Lipinski definition) is 4. The van der Waals surface area contributed by atoms with Crippen LogP contribution in [-0.4, -0.2) is 27.3 Å². The van der Waals surface area contributed by atoms with E-state index in [0.717, 1.165) is 4.90 Å². The average molecular weight is 304 g/mol. The van der Waals surface area contributed by atoms with E-state index in [9.17, 15) is 9.59 Å². The van der Waals surface area contributed by atoms with Gasteiger partial charge in [-0.2, -0.15) is 5.10 Å². The van der Waals surface area contributed by atoms with Gasteiger partial charge in [0.2, 0.25) is 11.8 Å². The Balaban J connectivity index is 2.08. The molecule has 1 unspecified atom stereocenters. The number of nitrogens with zero attached hydrogens (tertiary/aromatic N) is 2. The van der Waals surface area contributed by atoms with E-state index in [2.05, 4.69) is 10.4 Å². The van der Waals surface area contributed by atoms with Gasteiger partial charge in [-0.1, -0.05) is 12.1 Å². The molecule has 0 spiro atoms. The summed E-state index contributed by atoms with van der Waals surface area (Å²) in [6.07, 6.45) is 3.36. The fourth-order valence-corrected chi connectivity index (χ4v) is 2.46. The van der Waals surface area contributed by atoms with Crippen LogP contribution in [0.2, 0.25) is 0 Å². The fourth-order valence-electron chi connectivity index (χ4n) is 1.71. The molecule has 0 radical (unpaired) electrons. The third kappa shape index (κ3) is 4.09. The van der Waals surface area contributed by atoms with Crippen molar-refractivity contribution in [1.82, 2.24) is 9.78 Å². The lowest BCUT2D eigenvalue weighted by Gasteiger charge is -2.14. The molecule has 1 aromatic carbocycles. The molecule has 0 saturated heterocycles. The zero-order chi connectivity index (χ0) is 15.2. The predicted molar refractivity (Wildman–Crippen MR) is 81.9 cm³/mol. The summed E-state index contributed by atoms with van der Waals surface area (Å²) >= 11 is 1.29. The van der Waals surface area contributed by atoms with Crippen LogP contribution in [0.5, 0.6) is 0 Å². The molecular weight excluding hydrogens is 288 g/mol. The normalized spacial score (nSPS) is 11.9. The minimum absolute atomic E-state index is 0.168. The van der Waals surface area contributed by atoms with E-state index in [0.29, 0.717) is 5.69 Å². The molecular formula is C14H16N4O2S. The van der Waals surface area contributed by atoms with Crippen molar-refractivity contribution >= 4 is 29.3 Å². The van der Waals surface area contributed by atoms with Crippen molar-refractivity contribution in [3.63, 3.8) is 0 Å². The number of amides is 2. The van der Waals surface area contributed by atoms with Crippen LogP contribution < -0.4 is 11.1 Å². The van der Waals surface area contributed by atoms with E-state index in [1.165, 1.54) is 11.8 Å². The Labute approximate surface area is 126 Å². The van der Waals surface area contributed by atoms with E-state index in [4.69, 9.17) is 5.73 Å². The van der Waals surface area contributed by atoms with Gasteiger partial charge >= 0.3 is 0 Å². The van der Waals surface area contributed by atoms with Crippen molar-refractivity contribution in [2.45, 2.75) is 17.9 Å². The molecule has 0 aliphatic heterocycles. The summed E-state index contributed by atoms with van der Waals surface area (Å²) in [4.78, 5) is 23.9. The van der Waals surface area contributed by atoms with Crippen molar-refractivity contribution in [2.24, 2.45) is 5.73 Å². The molecule has 2 amide bonds. The molecule has 1 aromatic heterocycles. The largest absolute Gasteiger partial charge is 0.369 e. The first kappa shape index (κ1) is 15.1. The third-order valence-electron chi connectivity index (χ3n) is 2.82. The van der Waals surface area contributed by atoms with Gasteiger partial charge in [-0.15, -0.1) is 11.8 Å². The first-order chi connectivity index (χ1) is 10.1. The second-order valence-corrected chi connectivity index (χ2v) is 5.42. The summed E-state index contributed by atoms with van der Waals surface area (Å²) in [6, 6.07) is 8.63. The van der Waals surface area contributed by atoms with E-state index in [-0.39, 0.29) is 11.7 Å². The number of carbonyl (C=O) groups excluding carboxylic acids is 2. The quantitative estimate of drug-likeness (QED) is 0.794. The van der Waals surface area contributed by atoms with Crippen molar-refractivity contribution in [3.8, 4) is 0 Å². The number of rotatable bonds is 6. The first-order valence-corrected chi connectivity index (χ1v) is 7.36. The van der Waals surface area contributed by atoms with Crippen molar-refractivity contribution < 1.29 is 9.59 Å². The molecule has 0 aliphatic carbocycles. The van der Waals surface area contributed by atoms with E-state index < -0.39 is 11.9 Å². The van der Waals surface area contributed by atoms with Crippen LogP contribution in [-0.2, 0) is 9.59 Å². The molecule has 6 nitrogen and oxygen atoms in total. The third-order valence-corrected chi connectivity index (χ3v) is 3.91. The zero-order valence-electron chi connectivity index (χ0n) is 11.5. The lowest BCUT2D eigenvalue weighted by Crippen LogP contribution is -2.24. The molecule has 110 valence electrons. The monoisotopic (exact) mass is 304 g/mol. The lowest BCUT2D eigenvalue weighted by molar-refractivity contribution is -0.119. The summed E-state index contributed by atoms with van der Waals surface area (Å²) in [5.74, 6) is -0.404. The molecule has 3 N–H and O–H groups in total. The van der Waals surface area contributed by atoms with E-state index in [1.54, 1.807) is 36.1 Å². The highest BCUT2D eigenvalue weighted by Gasteiger charge is 2.16. The maximum Gasteiger partial charge on any atom is 0.248 e. The first-order valence-electron chi connectivity index (χ1n) is 6.38. The fraction of sp³-hybridized carbons (Fsp3) is 0.214. The number of nitrogens with two attached hydrogens (primary N) is 1. The summed E-state index contributed by atoms with van der Waals surface area (Å²) in [5, 5.41) is 6.90. The Morgan fingerprint density at radius 3 is 2.81 bits per heavy atom. The Bertz CT molecular complexity index is 628. The zero-order valence-corrected chi connectivity index (χ0v) is 12.3. The number of primary amides is 1. The highest BCUT2D eigenvalue weighted by atomic mass is 32.2. The van der Waals surface area contributed by atoms with Gasteiger partial charge in [0.1, 0.15) is 6.04 Å². The number of benzene rings is 1. The molecule has 0 aliphatic rings.